The molecule has 1 atom stereocenters. The van der Waals surface area contributed by atoms with Crippen LogP contribution >= 0.6 is 0 Å². The van der Waals surface area contributed by atoms with E-state index in [1.165, 1.54) is 12.1 Å². The van der Waals surface area contributed by atoms with Gasteiger partial charge in [0.2, 0.25) is 0 Å². The molecule has 1 rings (SSSR count). The topological polar surface area (TPSA) is 26.3 Å². The highest BCUT2D eigenvalue weighted by Crippen LogP contribution is 2.38. The van der Waals surface area contributed by atoms with Gasteiger partial charge in [0.05, 0.1) is 13.0 Å². The highest BCUT2D eigenvalue weighted by Gasteiger charge is 2.40. The van der Waals surface area contributed by atoms with E-state index in [2.05, 4.69) is 11.3 Å². The van der Waals surface area contributed by atoms with Gasteiger partial charge in [-0.1, -0.05) is 36.9 Å². The summed E-state index contributed by atoms with van der Waals surface area (Å²) in [5.41, 5.74) is 0.0987. The van der Waals surface area contributed by atoms with E-state index in [0.717, 1.165) is 14.0 Å². The fraction of sp³-hybridized carbons (Fsp3) is 0.308. The summed E-state index contributed by atoms with van der Waals surface area (Å²) in [5.74, 6) is -5.26. The lowest BCUT2D eigenvalue weighted by Crippen LogP contribution is -2.27. The number of rotatable bonds is 4. The van der Waals surface area contributed by atoms with E-state index >= 15 is 0 Å². The third-order valence-corrected chi connectivity index (χ3v) is 2.44. The molecule has 0 saturated carbocycles. The molecule has 0 saturated heterocycles. The summed E-state index contributed by atoms with van der Waals surface area (Å²) in [7, 11) is 1.14. The average molecular weight is 240 g/mol. The van der Waals surface area contributed by atoms with Gasteiger partial charge >= 0.3 is 5.97 Å². The maximum absolute atomic E-state index is 13.6. The third kappa shape index (κ3) is 3.12. The van der Waals surface area contributed by atoms with Gasteiger partial charge in [0, 0.05) is 12.5 Å². The first kappa shape index (κ1) is 13.4. The van der Waals surface area contributed by atoms with E-state index in [1.54, 1.807) is 18.2 Å². The molecule has 17 heavy (non-hydrogen) atoms. The lowest BCUT2D eigenvalue weighted by Gasteiger charge is -2.24. The van der Waals surface area contributed by atoms with Crippen molar-refractivity contribution in [2.45, 2.75) is 18.8 Å². The van der Waals surface area contributed by atoms with Crippen LogP contribution in [0.2, 0.25) is 0 Å². The summed E-state index contributed by atoms with van der Waals surface area (Å²) >= 11 is 0. The van der Waals surface area contributed by atoms with Gasteiger partial charge in [0.15, 0.2) is 0 Å². The van der Waals surface area contributed by atoms with Gasteiger partial charge in [-0.05, 0) is 5.56 Å². The van der Waals surface area contributed by atoms with Crippen molar-refractivity contribution in [3.63, 3.8) is 0 Å². The first-order valence-corrected chi connectivity index (χ1v) is 5.07. The summed E-state index contributed by atoms with van der Waals surface area (Å²) in [4.78, 5) is 11.3. The molecule has 0 aliphatic heterocycles. The molecule has 0 aliphatic rings. The highest BCUT2D eigenvalue weighted by atomic mass is 19.3. The number of carbonyl (C=O) groups excluding carboxylic acids is 1. The number of esters is 1. The molecule has 0 N–H and O–H groups in total. The SMILES string of the molecule is C=C(C(=O)OC)[C@@H](c1ccccc1)C(C)(F)F. The van der Waals surface area contributed by atoms with Crippen LogP contribution in [-0.2, 0) is 9.53 Å². The van der Waals surface area contributed by atoms with Gasteiger partial charge in [0.25, 0.3) is 5.92 Å². The molecule has 0 heterocycles. The Morgan fingerprint density at radius 1 is 1.35 bits per heavy atom. The Balaban J connectivity index is 3.15. The summed E-state index contributed by atoms with van der Waals surface area (Å²) < 4.78 is 31.5. The summed E-state index contributed by atoms with van der Waals surface area (Å²) in [5, 5.41) is 0. The molecule has 0 fully saturated rings. The second-order valence-corrected chi connectivity index (χ2v) is 3.82. The van der Waals surface area contributed by atoms with E-state index in [0.29, 0.717) is 5.56 Å². The van der Waals surface area contributed by atoms with Crippen LogP contribution in [0.4, 0.5) is 8.78 Å². The van der Waals surface area contributed by atoms with Gasteiger partial charge in [-0.2, -0.15) is 0 Å². The van der Waals surface area contributed by atoms with Crippen molar-refractivity contribution in [2.24, 2.45) is 0 Å². The van der Waals surface area contributed by atoms with Crippen molar-refractivity contribution in [2.75, 3.05) is 7.11 Å². The normalized spacial score (nSPS) is 12.9. The molecule has 4 heteroatoms. The minimum absolute atomic E-state index is 0.244. The van der Waals surface area contributed by atoms with E-state index in [4.69, 9.17) is 0 Å². The second-order valence-electron chi connectivity index (χ2n) is 3.82. The van der Waals surface area contributed by atoms with Crippen molar-refractivity contribution in [1.29, 1.82) is 0 Å². The highest BCUT2D eigenvalue weighted by molar-refractivity contribution is 5.89. The van der Waals surface area contributed by atoms with E-state index in [9.17, 15) is 13.6 Å². The molecule has 0 radical (unpaired) electrons. The number of benzene rings is 1. The zero-order valence-corrected chi connectivity index (χ0v) is 9.74. The van der Waals surface area contributed by atoms with Gasteiger partial charge in [-0.3, -0.25) is 0 Å². The third-order valence-electron chi connectivity index (χ3n) is 2.44. The van der Waals surface area contributed by atoms with E-state index in [-0.39, 0.29) is 5.57 Å². The smallest absolute Gasteiger partial charge is 0.333 e. The molecule has 1 aromatic rings. The molecule has 0 bridgehead atoms. The average Bonchev–Trinajstić information content (AvgIpc) is 2.27. The van der Waals surface area contributed by atoms with Crippen molar-refractivity contribution in [3.8, 4) is 0 Å². The number of carbonyl (C=O) groups is 1. The van der Waals surface area contributed by atoms with Crippen LogP contribution in [0.15, 0.2) is 42.5 Å². The number of halogens is 2. The Morgan fingerprint density at radius 3 is 2.29 bits per heavy atom. The number of ether oxygens (including phenoxy) is 1. The summed E-state index contributed by atoms with van der Waals surface area (Å²) in [6.45, 7) is 4.18. The predicted octanol–water partition coefficient (Wildman–Crippen LogP) is 3.15. The van der Waals surface area contributed by atoms with E-state index in [1.807, 2.05) is 0 Å². The lowest BCUT2D eigenvalue weighted by molar-refractivity contribution is -0.137. The molecule has 0 aromatic heterocycles. The Labute approximate surface area is 98.9 Å². The summed E-state index contributed by atoms with van der Waals surface area (Å²) in [6.07, 6.45) is 0. The number of hydrogen-bond acceptors (Lipinski definition) is 2. The van der Waals surface area contributed by atoms with Crippen molar-refractivity contribution in [3.05, 3.63) is 48.0 Å². The van der Waals surface area contributed by atoms with Crippen LogP contribution in [0, 0.1) is 0 Å². The monoisotopic (exact) mass is 240 g/mol. The van der Waals surface area contributed by atoms with Crippen LogP contribution in [0.3, 0.4) is 0 Å². The van der Waals surface area contributed by atoms with Crippen molar-refractivity contribution >= 4 is 5.97 Å². The zero-order chi connectivity index (χ0) is 13.1. The van der Waals surface area contributed by atoms with Crippen LogP contribution in [0.25, 0.3) is 0 Å². The summed E-state index contributed by atoms with van der Waals surface area (Å²) in [6, 6.07) is 8.07. The maximum Gasteiger partial charge on any atom is 0.333 e. The Bertz CT molecular complexity index is 407. The zero-order valence-electron chi connectivity index (χ0n) is 9.74. The largest absolute Gasteiger partial charge is 0.466 e. The number of hydrogen-bond donors (Lipinski definition) is 0. The first-order chi connectivity index (χ1) is 7.88. The fourth-order valence-corrected chi connectivity index (χ4v) is 1.69. The Kier molecular flexibility index (Phi) is 3.99. The van der Waals surface area contributed by atoms with Crippen LogP contribution < -0.4 is 0 Å². The molecule has 1 aromatic carbocycles. The number of alkyl halides is 2. The maximum atomic E-state index is 13.6. The van der Waals surface area contributed by atoms with Gasteiger partial charge in [0.1, 0.15) is 0 Å². The van der Waals surface area contributed by atoms with Crippen molar-refractivity contribution < 1.29 is 18.3 Å². The van der Waals surface area contributed by atoms with E-state index < -0.39 is 17.8 Å². The van der Waals surface area contributed by atoms with Crippen molar-refractivity contribution in [1.82, 2.24) is 0 Å². The van der Waals surface area contributed by atoms with Gasteiger partial charge < -0.3 is 4.74 Å². The first-order valence-electron chi connectivity index (χ1n) is 5.07. The molecule has 92 valence electrons. The second kappa shape index (κ2) is 5.08. The van der Waals surface area contributed by atoms with Crippen LogP contribution in [0.5, 0.6) is 0 Å². The Morgan fingerprint density at radius 2 is 1.88 bits per heavy atom. The number of methoxy groups -OCH3 is 1. The quantitative estimate of drug-likeness (QED) is 0.597. The molecule has 2 nitrogen and oxygen atoms in total. The molecular weight excluding hydrogens is 226 g/mol. The van der Waals surface area contributed by atoms with Gasteiger partial charge in [-0.15, -0.1) is 0 Å². The molecule has 0 unspecified atom stereocenters. The predicted molar refractivity (Wildman–Crippen MR) is 61.0 cm³/mol. The molecule has 0 aliphatic carbocycles. The minimum atomic E-state index is -3.08. The molecular formula is C13H14F2O2. The standard InChI is InChI=1S/C13H14F2O2/c1-9(12(16)17-3)11(13(2,14)15)10-7-5-4-6-8-10/h4-8,11H,1H2,2-3H3/t11-/m0/s1. The van der Waals surface area contributed by atoms with Gasteiger partial charge in [-0.25, -0.2) is 13.6 Å². The lowest BCUT2D eigenvalue weighted by atomic mass is 9.87. The molecule has 0 amide bonds. The fourth-order valence-electron chi connectivity index (χ4n) is 1.69. The molecule has 0 spiro atoms. The van der Waals surface area contributed by atoms with Crippen LogP contribution in [-0.4, -0.2) is 19.0 Å². The minimum Gasteiger partial charge on any atom is -0.466 e. The Hall–Kier alpha value is -1.71. The van der Waals surface area contributed by atoms with Crippen LogP contribution in [0.1, 0.15) is 18.4 Å².